The molecule has 7 nitrogen and oxygen atoms in total. The van der Waals surface area contributed by atoms with E-state index < -0.39 is 18.5 Å². The molecule has 1 aliphatic carbocycles. The van der Waals surface area contributed by atoms with Crippen molar-refractivity contribution in [2.75, 3.05) is 23.4 Å². The van der Waals surface area contributed by atoms with Crippen LogP contribution in [-0.2, 0) is 32.0 Å². The number of esters is 1. The molecule has 1 aliphatic heterocycles. The van der Waals surface area contributed by atoms with E-state index >= 15 is 0 Å². The number of nitrogens with one attached hydrogen (secondary N) is 1. The number of amides is 2. The molecule has 2 aromatic carbocycles. The lowest BCUT2D eigenvalue weighted by atomic mass is 10.0. The van der Waals surface area contributed by atoms with Crippen LogP contribution in [0.4, 0.5) is 11.4 Å². The van der Waals surface area contributed by atoms with E-state index in [0.717, 1.165) is 25.7 Å². The summed E-state index contributed by atoms with van der Waals surface area (Å²) in [6, 6.07) is 12.8. The molecule has 2 aliphatic rings. The molecule has 2 aromatic rings. The highest BCUT2D eigenvalue weighted by atomic mass is 16.5. The molecule has 7 heteroatoms. The van der Waals surface area contributed by atoms with Crippen molar-refractivity contribution >= 4 is 34.9 Å². The Balaban J connectivity index is 1.24. The lowest BCUT2D eigenvalue weighted by molar-refractivity contribution is -0.147. The predicted octanol–water partition coefficient (Wildman–Crippen LogP) is 3.45. The number of hydrogen-bond donors (Lipinski definition) is 1. The Morgan fingerprint density at radius 1 is 0.938 bits per heavy atom. The average molecular weight is 434 g/mol. The van der Waals surface area contributed by atoms with Gasteiger partial charge in [-0.3, -0.25) is 19.2 Å². The normalized spacial score (nSPS) is 14.9. The van der Waals surface area contributed by atoms with Crippen molar-refractivity contribution in [2.24, 2.45) is 0 Å². The number of nitrogens with zero attached hydrogens (tertiary/aromatic N) is 1. The molecule has 0 spiro atoms. The van der Waals surface area contributed by atoms with Crippen molar-refractivity contribution in [1.29, 1.82) is 0 Å². The summed E-state index contributed by atoms with van der Waals surface area (Å²) in [5.74, 6) is -1.18. The molecule has 1 N–H and O–H groups in total. The number of fused-ring (bicyclic) bond motifs is 1. The maximum Gasteiger partial charge on any atom is 0.306 e. The molecular formula is C25H26N2O5. The summed E-state index contributed by atoms with van der Waals surface area (Å²) in [5.41, 5.74) is 4.25. The third-order valence-electron chi connectivity index (χ3n) is 5.88. The topological polar surface area (TPSA) is 92.8 Å². The van der Waals surface area contributed by atoms with Gasteiger partial charge in [0.1, 0.15) is 0 Å². The maximum atomic E-state index is 12.4. The van der Waals surface area contributed by atoms with Crippen LogP contribution >= 0.6 is 0 Å². The van der Waals surface area contributed by atoms with Crippen molar-refractivity contribution < 1.29 is 23.9 Å². The molecule has 1 fully saturated rings. The first-order valence-electron chi connectivity index (χ1n) is 11.0. The Kier molecular flexibility index (Phi) is 6.63. The zero-order valence-electron chi connectivity index (χ0n) is 17.9. The van der Waals surface area contributed by atoms with E-state index in [1.807, 2.05) is 18.2 Å². The van der Waals surface area contributed by atoms with Crippen LogP contribution in [0.1, 0.15) is 53.6 Å². The SMILES string of the molecule is O=C(COC(=O)CCC(=O)c1ccc2c(c1)CCC2)Nc1ccccc1N1CCCC1=O. The molecule has 1 heterocycles. The van der Waals surface area contributed by atoms with Gasteiger partial charge in [0.25, 0.3) is 5.91 Å². The van der Waals surface area contributed by atoms with Crippen LogP contribution in [-0.4, -0.2) is 36.7 Å². The number of Topliss-reactive ketones (excluding diaryl/α,β-unsaturated/α-hetero) is 1. The minimum atomic E-state index is -0.599. The highest BCUT2D eigenvalue weighted by Crippen LogP contribution is 2.29. The largest absolute Gasteiger partial charge is 0.456 e. The van der Waals surface area contributed by atoms with Gasteiger partial charge in [0, 0.05) is 24.9 Å². The number of anilines is 2. The van der Waals surface area contributed by atoms with Gasteiger partial charge in [-0.05, 0) is 55.0 Å². The van der Waals surface area contributed by atoms with Crippen molar-refractivity contribution in [3.8, 4) is 0 Å². The fraction of sp³-hybridized carbons (Fsp3) is 0.360. The molecule has 0 radical (unpaired) electrons. The molecule has 1 saturated heterocycles. The first-order valence-corrected chi connectivity index (χ1v) is 11.0. The van der Waals surface area contributed by atoms with Gasteiger partial charge < -0.3 is 15.0 Å². The third-order valence-corrected chi connectivity index (χ3v) is 5.88. The molecule has 0 unspecified atom stereocenters. The Morgan fingerprint density at radius 2 is 1.75 bits per heavy atom. The second-order valence-electron chi connectivity index (χ2n) is 8.14. The smallest absolute Gasteiger partial charge is 0.306 e. The third kappa shape index (κ3) is 5.04. The average Bonchev–Trinajstić information content (AvgIpc) is 3.44. The van der Waals surface area contributed by atoms with Crippen LogP contribution in [0.15, 0.2) is 42.5 Å². The summed E-state index contributed by atoms with van der Waals surface area (Å²) in [6.07, 6.45) is 4.38. The first-order chi connectivity index (χ1) is 15.5. The van der Waals surface area contributed by atoms with Gasteiger partial charge in [-0.1, -0.05) is 24.3 Å². The lowest BCUT2D eigenvalue weighted by Crippen LogP contribution is -2.27. The van der Waals surface area contributed by atoms with E-state index in [0.29, 0.717) is 29.9 Å². The lowest BCUT2D eigenvalue weighted by Gasteiger charge is -2.19. The van der Waals surface area contributed by atoms with Gasteiger partial charge >= 0.3 is 5.97 Å². The van der Waals surface area contributed by atoms with Gasteiger partial charge in [-0.15, -0.1) is 0 Å². The van der Waals surface area contributed by atoms with Crippen LogP contribution in [0.5, 0.6) is 0 Å². The van der Waals surface area contributed by atoms with E-state index in [1.54, 1.807) is 29.2 Å². The van der Waals surface area contributed by atoms with Crippen molar-refractivity contribution in [3.05, 3.63) is 59.2 Å². The number of ketones is 1. The van der Waals surface area contributed by atoms with Gasteiger partial charge in [-0.2, -0.15) is 0 Å². The number of hydrogen-bond acceptors (Lipinski definition) is 5. The highest BCUT2D eigenvalue weighted by Gasteiger charge is 2.24. The van der Waals surface area contributed by atoms with E-state index in [2.05, 4.69) is 5.32 Å². The summed E-state index contributed by atoms with van der Waals surface area (Å²) in [5, 5.41) is 2.70. The molecule has 166 valence electrons. The van der Waals surface area contributed by atoms with Gasteiger partial charge in [0.05, 0.1) is 17.8 Å². The molecule has 2 amide bonds. The monoisotopic (exact) mass is 434 g/mol. The Labute approximate surface area is 186 Å². The number of ether oxygens (including phenoxy) is 1. The van der Waals surface area contributed by atoms with Crippen molar-refractivity contribution in [3.63, 3.8) is 0 Å². The van der Waals surface area contributed by atoms with Crippen molar-refractivity contribution in [1.82, 2.24) is 0 Å². The molecule has 0 aromatic heterocycles. The molecule has 0 bridgehead atoms. The number of carbonyl (C=O) groups excluding carboxylic acids is 4. The fourth-order valence-corrected chi connectivity index (χ4v) is 4.23. The molecule has 0 atom stereocenters. The number of aryl methyl sites for hydroxylation is 2. The Hall–Kier alpha value is -3.48. The summed E-state index contributed by atoms with van der Waals surface area (Å²) in [4.78, 5) is 50.4. The zero-order valence-corrected chi connectivity index (χ0v) is 17.9. The van der Waals surface area contributed by atoms with E-state index in [-0.39, 0.29) is 24.5 Å². The minimum Gasteiger partial charge on any atom is -0.456 e. The molecule has 32 heavy (non-hydrogen) atoms. The van der Waals surface area contributed by atoms with Crippen molar-refractivity contribution in [2.45, 2.75) is 44.9 Å². The van der Waals surface area contributed by atoms with Gasteiger partial charge in [0.2, 0.25) is 5.91 Å². The summed E-state index contributed by atoms with van der Waals surface area (Å²) in [7, 11) is 0. The van der Waals surface area contributed by atoms with E-state index in [1.165, 1.54) is 11.1 Å². The van der Waals surface area contributed by atoms with Crippen LogP contribution in [0, 0.1) is 0 Å². The summed E-state index contributed by atoms with van der Waals surface area (Å²) < 4.78 is 5.04. The summed E-state index contributed by atoms with van der Waals surface area (Å²) in [6.45, 7) is 0.160. The number of para-hydroxylation sites is 2. The van der Waals surface area contributed by atoms with E-state index in [4.69, 9.17) is 4.74 Å². The second kappa shape index (κ2) is 9.77. The van der Waals surface area contributed by atoms with E-state index in [9.17, 15) is 19.2 Å². The molecular weight excluding hydrogens is 408 g/mol. The summed E-state index contributed by atoms with van der Waals surface area (Å²) >= 11 is 0. The second-order valence-corrected chi connectivity index (χ2v) is 8.14. The van der Waals surface area contributed by atoms with Crippen LogP contribution in [0.25, 0.3) is 0 Å². The minimum absolute atomic E-state index is 0.0196. The standard InChI is InChI=1S/C25H26N2O5/c28-22(19-11-10-17-5-3-6-18(17)15-19)12-13-25(31)32-16-23(29)26-20-7-1-2-8-21(20)27-14-4-9-24(27)30/h1-2,7-8,10-11,15H,3-6,9,12-14,16H2,(H,26,29). The first kappa shape index (κ1) is 21.7. The van der Waals surface area contributed by atoms with Crippen LogP contribution in [0.3, 0.4) is 0 Å². The Morgan fingerprint density at radius 3 is 2.56 bits per heavy atom. The number of benzene rings is 2. The van der Waals surface area contributed by atoms with Crippen LogP contribution in [0.2, 0.25) is 0 Å². The van der Waals surface area contributed by atoms with Gasteiger partial charge in [0.15, 0.2) is 12.4 Å². The predicted molar refractivity (Wildman–Crippen MR) is 120 cm³/mol. The number of carbonyl (C=O) groups is 4. The highest BCUT2D eigenvalue weighted by molar-refractivity contribution is 6.02. The molecule has 4 rings (SSSR count). The van der Waals surface area contributed by atoms with Crippen LogP contribution < -0.4 is 10.2 Å². The fourth-order valence-electron chi connectivity index (χ4n) is 4.23. The molecule has 0 saturated carbocycles. The Bertz CT molecular complexity index is 1060. The zero-order chi connectivity index (χ0) is 22.5. The maximum absolute atomic E-state index is 12.4. The van der Waals surface area contributed by atoms with Gasteiger partial charge in [-0.25, -0.2) is 0 Å². The quantitative estimate of drug-likeness (QED) is 0.507. The number of rotatable bonds is 8.